The molecule has 2 unspecified atom stereocenters. The summed E-state index contributed by atoms with van der Waals surface area (Å²) >= 11 is 0. The Labute approximate surface area is 94.4 Å². The van der Waals surface area contributed by atoms with Gasteiger partial charge in [-0.25, -0.2) is 4.98 Å². The average molecular weight is 220 g/mol. The third-order valence-corrected chi connectivity index (χ3v) is 3.62. The van der Waals surface area contributed by atoms with Crippen LogP contribution in [0.1, 0.15) is 23.5 Å². The fourth-order valence-electron chi connectivity index (χ4n) is 2.66. The Morgan fingerprint density at radius 3 is 2.94 bits per heavy atom. The van der Waals surface area contributed by atoms with Crippen LogP contribution in [0.4, 0.5) is 0 Å². The minimum Gasteiger partial charge on any atom is -0.330 e. The van der Waals surface area contributed by atoms with Crippen LogP contribution < -0.4 is 5.32 Å². The molecule has 16 heavy (non-hydrogen) atoms. The first kappa shape index (κ1) is 9.84. The molecule has 3 fully saturated rings. The topological polar surface area (TPSA) is 50.2 Å². The van der Waals surface area contributed by atoms with Crippen LogP contribution in [0.3, 0.4) is 0 Å². The van der Waals surface area contributed by atoms with E-state index < -0.39 is 0 Å². The van der Waals surface area contributed by atoms with Crippen LogP contribution in [-0.4, -0.2) is 45.5 Å². The Balaban J connectivity index is 1.83. The molecule has 5 heteroatoms. The van der Waals surface area contributed by atoms with Gasteiger partial charge in [0.25, 0.3) is 5.91 Å². The van der Waals surface area contributed by atoms with E-state index in [9.17, 15) is 4.79 Å². The quantitative estimate of drug-likeness (QED) is 0.724. The number of hydrogen-bond acceptors (Lipinski definition) is 3. The molecule has 5 nitrogen and oxygen atoms in total. The summed E-state index contributed by atoms with van der Waals surface area (Å²) < 4.78 is 1.79. The highest BCUT2D eigenvalue weighted by molar-refractivity contribution is 5.91. The number of nitrogens with one attached hydrogen (secondary N) is 1. The second-order valence-electron chi connectivity index (χ2n) is 4.66. The van der Waals surface area contributed by atoms with E-state index in [1.165, 1.54) is 6.42 Å². The van der Waals surface area contributed by atoms with E-state index in [0.717, 1.165) is 19.5 Å². The molecule has 4 heterocycles. The number of carbonyl (C=O) groups is 1. The molecule has 1 amide bonds. The molecule has 2 bridgehead atoms. The van der Waals surface area contributed by atoms with Crippen molar-refractivity contribution in [3.05, 3.63) is 18.2 Å². The largest absolute Gasteiger partial charge is 0.330 e. The lowest BCUT2D eigenvalue weighted by atomic mass is 9.93. The van der Waals surface area contributed by atoms with Crippen molar-refractivity contribution in [1.82, 2.24) is 19.8 Å². The zero-order chi connectivity index (χ0) is 11.1. The molecule has 3 saturated heterocycles. The maximum absolute atomic E-state index is 12.3. The Bertz CT molecular complexity index is 406. The van der Waals surface area contributed by atoms with Crippen LogP contribution in [0.5, 0.6) is 0 Å². The number of piperazine rings is 1. The van der Waals surface area contributed by atoms with E-state index in [-0.39, 0.29) is 5.91 Å². The highest BCUT2D eigenvalue weighted by atomic mass is 16.2. The first-order valence-electron chi connectivity index (χ1n) is 5.77. The van der Waals surface area contributed by atoms with Crippen molar-refractivity contribution in [3.8, 4) is 0 Å². The number of imidazole rings is 1. The molecule has 1 aromatic rings. The molecule has 3 aliphatic heterocycles. The van der Waals surface area contributed by atoms with Crippen molar-refractivity contribution in [3.63, 3.8) is 0 Å². The van der Waals surface area contributed by atoms with Gasteiger partial charge in [-0.2, -0.15) is 0 Å². The molecule has 4 rings (SSSR count). The van der Waals surface area contributed by atoms with Crippen LogP contribution in [0.2, 0.25) is 0 Å². The predicted molar refractivity (Wildman–Crippen MR) is 59.1 cm³/mol. The summed E-state index contributed by atoms with van der Waals surface area (Å²) in [5, 5.41) is 3.44. The average Bonchev–Trinajstić information content (AvgIpc) is 2.76. The van der Waals surface area contributed by atoms with Gasteiger partial charge in [0.2, 0.25) is 0 Å². The minimum atomic E-state index is 0.0729. The smallest absolute Gasteiger partial charge is 0.290 e. The summed E-state index contributed by atoms with van der Waals surface area (Å²) in [7, 11) is 1.86. The van der Waals surface area contributed by atoms with Gasteiger partial charge in [0.05, 0.1) is 0 Å². The van der Waals surface area contributed by atoms with Crippen LogP contribution >= 0.6 is 0 Å². The van der Waals surface area contributed by atoms with Gasteiger partial charge >= 0.3 is 0 Å². The fourth-order valence-corrected chi connectivity index (χ4v) is 2.66. The summed E-state index contributed by atoms with van der Waals surface area (Å²) in [6.07, 6.45) is 5.80. The van der Waals surface area contributed by atoms with E-state index in [0.29, 0.717) is 17.9 Å². The van der Waals surface area contributed by atoms with Crippen LogP contribution in [0, 0.1) is 0 Å². The number of aromatic nitrogens is 2. The first-order chi connectivity index (χ1) is 7.75. The highest BCUT2D eigenvalue weighted by Gasteiger charge is 2.37. The lowest BCUT2D eigenvalue weighted by Gasteiger charge is -2.45. The first-order valence-corrected chi connectivity index (χ1v) is 5.77. The fraction of sp³-hybridized carbons (Fsp3) is 0.636. The number of amides is 1. The highest BCUT2D eigenvalue weighted by Crippen LogP contribution is 2.23. The second-order valence-corrected chi connectivity index (χ2v) is 4.66. The Kier molecular flexibility index (Phi) is 2.21. The van der Waals surface area contributed by atoms with Gasteiger partial charge < -0.3 is 14.8 Å². The second kappa shape index (κ2) is 3.59. The number of piperidine rings is 2. The molecular weight excluding hydrogens is 204 g/mol. The van der Waals surface area contributed by atoms with Crippen molar-refractivity contribution in [2.45, 2.75) is 24.9 Å². The van der Waals surface area contributed by atoms with Crippen molar-refractivity contribution in [2.24, 2.45) is 7.05 Å². The lowest BCUT2D eigenvalue weighted by molar-refractivity contribution is 0.0425. The zero-order valence-electron chi connectivity index (χ0n) is 9.39. The van der Waals surface area contributed by atoms with Crippen molar-refractivity contribution < 1.29 is 4.79 Å². The zero-order valence-corrected chi connectivity index (χ0v) is 9.39. The predicted octanol–water partition coefficient (Wildman–Crippen LogP) is -0.00350. The molecule has 3 aliphatic rings. The van der Waals surface area contributed by atoms with E-state index in [2.05, 4.69) is 10.3 Å². The third-order valence-electron chi connectivity index (χ3n) is 3.62. The van der Waals surface area contributed by atoms with Crippen LogP contribution in [0.25, 0.3) is 0 Å². The van der Waals surface area contributed by atoms with Gasteiger partial charge in [0, 0.05) is 44.6 Å². The number of nitrogens with zero attached hydrogens (tertiary/aromatic N) is 3. The molecule has 1 aromatic heterocycles. The molecule has 2 atom stereocenters. The maximum atomic E-state index is 12.3. The van der Waals surface area contributed by atoms with E-state index in [1.54, 1.807) is 10.8 Å². The molecular formula is C11H16N4O. The summed E-state index contributed by atoms with van der Waals surface area (Å²) in [5.41, 5.74) is 0. The molecule has 0 radical (unpaired) electrons. The Hall–Kier alpha value is -1.36. The Morgan fingerprint density at radius 1 is 1.56 bits per heavy atom. The van der Waals surface area contributed by atoms with Gasteiger partial charge in [-0.05, 0) is 12.8 Å². The third kappa shape index (κ3) is 1.43. The number of aryl methyl sites for hydroxylation is 1. The van der Waals surface area contributed by atoms with Gasteiger partial charge in [-0.3, -0.25) is 4.79 Å². The maximum Gasteiger partial charge on any atom is 0.290 e. The number of hydrogen-bond donors (Lipinski definition) is 1. The van der Waals surface area contributed by atoms with E-state index >= 15 is 0 Å². The molecule has 0 aliphatic carbocycles. The molecule has 0 spiro atoms. The molecule has 1 N–H and O–H groups in total. The number of carbonyl (C=O) groups excluding carboxylic acids is 1. The minimum absolute atomic E-state index is 0.0729. The summed E-state index contributed by atoms with van der Waals surface area (Å²) in [5.74, 6) is 0.622. The standard InChI is InChI=1S/C11H16N4O/c1-14-5-4-12-10(14)11(16)15-7-8-2-3-9(15)6-13-8/h4-5,8-9,13H,2-3,6-7H2,1H3. The SMILES string of the molecule is Cn1ccnc1C(=O)N1CC2CCC1CN2. The molecule has 0 saturated carbocycles. The van der Waals surface area contributed by atoms with Gasteiger partial charge in [0.15, 0.2) is 5.82 Å². The number of rotatable bonds is 1. The van der Waals surface area contributed by atoms with E-state index in [1.807, 2.05) is 18.1 Å². The van der Waals surface area contributed by atoms with Crippen molar-refractivity contribution >= 4 is 5.91 Å². The van der Waals surface area contributed by atoms with Crippen LogP contribution in [0.15, 0.2) is 12.4 Å². The van der Waals surface area contributed by atoms with Crippen LogP contribution in [-0.2, 0) is 7.05 Å². The molecule has 0 aromatic carbocycles. The lowest BCUT2D eigenvalue weighted by Crippen LogP contribution is -2.62. The summed E-state index contributed by atoms with van der Waals surface area (Å²) in [6, 6.07) is 0.836. The Morgan fingerprint density at radius 2 is 2.44 bits per heavy atom. The van der Waals surface area contributed by atoms with E-state index in [4.69, 9.17) is 0 Å². The number of fused-ring (bicyclic) bond motifs is 3. The summed E-state index contributed by atoms with van der Waals surface area (Å²) in [4.78, 5) is 18.4. The summed E-state index contributed by atoms with van der Waals surface area (Å²) in [6.45, 7) is 1.76. The van der Waals surface area contributed by atoms with Gasteiger partial charge in [-0.15, -0.1) is 0 Å². The van der Waals surface area contributed by atoms with Gasteiger partial charge in [-0.1, -0.05) is 0 Å². The van der Waals surface area contributed by atoms with Crippen molar-refractivity contribution in [2.75, 3.05) is 13.1 Å². The monoisotopic (exact) mass is 220 g/mol. The molecule has 86 valence electrons. The van der Waals surface area contributed by atoms with Gasteiger partial charge in [0.1, 0.15) is 0 Å². The normalized spacial score (nSPS) is 28.4. The van der Waals surface area contributed by atoms with Crippen molar-refractivity contribution in [1.29, 1.82) is 0 Å².